The molecule has 0 fully saturated rings. The monoisotopic (exact) mass is 325 g/mol. The van der Waals surface area contributed by atoms with Crippen molar-refractivity contribution in [3.63, 3.8) is 0 Å². The first-order valence-electron chi connectivity index (χ1n) is 6.15. The number of fused-ring (bicyclic) bond motifs is 1. The van der Waals surface area contributed by atoms with E-state index in [1.165, 1.54) is 17.4 Å². The van der Waals surface area contributed by atoms with Crippen LogP contribution in [-0.4, -0.2) is 10.5 Å². The number of nitrogens with zero attached hydrogens (tertiary/aromatic N) is 1. The summed E-state index contributed by atoms with van der Waals surface area (Å²) in [5.74, 6) is 0. The smallest absolute Gasteiger partial charge is 0.236 e. The molecule has 0 atom stereocenters. The van der Waals surface area contributed by atoms with Gasteiger partial charge in [-0.2, -0.15) is 13.2 Å². The molecule has 3 aromatic rings. The highest BCUT2D eigenvalue weighted by atomic mass is 32.2. The van der Waals surface area contributed by atoms with E-state index in [0.29, 0.717) is 10.6 Å². The van der Waals surface area contributed by atoms with Gasteiger partial charge in [-0.1, -0.05) is 23.8 Å². The van der Waals surface area contributed by atoms with Gasteiger partial charge in [0, 0.05) is 10.5 Å². The van der Waals surface area contributed by atoms with Crippen LogP contribution in [0.15, 0.2) is 47.4 Å². The van der Waals surface area contributed by atoms with Crippen LogP contribution in [0.4, 0.5) is 13.2 Å². The second kappa shape index (κ2) is 5.35. The number of aryl methyl sites for hydroxylation is 1. The summed E-state index contributed by atoms with van der Waals surface area (Å²) in [6.07, 6.45) is 0. The van der Waals surface area contributed by atoms with E-state index < -0.39 is 5.51 Å². The Kier molecular flexibility index (Phi) is 3.67. The highest BCUT2D eigenvalue weighted by Crippen LogP contribution is 2.43. The van der Waals surface area contributed by atoms with Crippen LogP contribution in [0.1, 0.15) is 5.56 Å². The van der Waals surface area contributed by atoms with Crippen molar-refractivity contribution >= 4 is 33.3 Å². The minimum atomic E-state index is -4.30. The van der Waals surface area contributed by atoms with E-state index >= 15 is 0 Å². The first-order valence-corrected chi connectivity index (χ1v) is 7.78. The Bertz CT molecular complexity index is 760. The second-order valence-electron chi connectivity index (χ2n) is 4.53. The van der Waals surface area contributed by atoms with Gasteiger partial charge in [-0.3, -0.25) is 0 Å². The van der Waals surface area contributed by atoms with E-state index in [4.69, 9.17) is 0 Å². The molecule has 6 heteroatoms. The third kappa shape index (κ3) is 3.22. The SMILES string of the molecule is Cc1ccc(SC(F)(F)F)c(-c2nc3ccccc3s2)c1. The van der Waals surface area contributed by atoms with E-state index in [0.717, 1.165) is 15.8 Å². The van der Waals surface area contributed by atoms with Gasteiger partial charge in [0.15, 0.2) is 0 Å². The second-order valence-corrected chi connectivity index (χ2v) is 6.67. The predicted molar refractivity (Wildman–Crippen MR) is 81.7 cm³/mol. The highest BCUT2D eigenvalue weighted by Gasteiger charge is 2.31. The maximum Gasteiger partial charge on any atom is 0.446 e. The van der Waals surface area contributed by atoms with Crippen LogP contribution in [0.5, 0.6) is 0 Å². The number of benzene rings is 2. The fourth-order valence-electron chi connectivity index (χ4n) is 2.01. The molecule has 0 saturated carbocycles. The molecular weight excluding hydrogens is 315 g/mol. The molecule has 0 N–H and O–H groups in total. The van der Waals surface area contributed by atoms with Gasteiger partial charge in [0.2, 0.25) is 0 Å². The Hall–Kier alpha value is -1.53. The van der Waals surface area contributed by atoms with Gasteiger partial charge >= 0.3 is 5.51 Å². The van der Waals surface area contributed by atoms with Crippen LogP contribution < -0.4 is 0 Å². The van der Waals surface area contributed by atoms with Crippen molar-refractivity contribution in [3.8, 4) is 10.6 Å². The molecule has 21 heavy (non-hydrogen) atoms. The van der Waals surface area contributed by atoms with Gasteiger partial charge in [0.25, 0.3) is 0 Å². The normalized spacial score (nSPS) is 12.0. The number of alkyl halides is 3. The van der Waals surface area contributed by atoms with Crippen LogP contribution in [-0.2, 0) is 0 Å². The molecule has 0 spiro atoms. The minimum Gasteiger partial charge on any atom is -0.236 e. The van der Waals surface area contributed by atoms with Gasteiger partial charge in [-0.05, 0) is 43.0 Å². The summed E-state index contributed by atoms with van der Waals surface area (Å²) in [4.78, 5) is 4.64. The average molecular weight is 325 g/mol. The summed E-state index contributed by atoms with van der Waals surface area (Å²) in [5.41, 5.74) is -2.04. The van der Waals surface area contributed by atoms with Crippen molar-refractivity contribution in [3.05, 3.63) is 48.0 Å². The van der Waals surface area contributed by atoms with E-state index in [-0.39, 0.29) is 16.7 Å². The predicted octanol–water partition coefficient (Wildman–Crippen LogP) is 5.88. The first kappa shape index (κ1) is 14.4. The fraction of sp³-hybridized carbons (Fsp3) is 0.133. The summed E-state index contributed by atoms with van der Waals surface area (Å²) < 4.78 is 39.0. The van der Waals surface area contributed by atoms with Gasteiger partial charge in [-0.25, -0.2) is 4.98 Å². The number of thiazole rings is 1. The topological polar surface area (TPSA) is 12.9 Å². The lowest BCUT2D eigenvalue weighted by Crippen LogP contribution is -2.00. The summed E-state index contributed by atoms with van der Waals surface area (Å²) in [6.45, 7) is 1.86. The zero-order valence-electron chi connectivity index (χ0n) is 10.9. The van der Waals surface area contributed by atoms with Crippen molar-refractivity contribution in [2.24, 2.45) is 0 Å². The van der Waals surface area contributed by atoms with Crippen LogP contribution in [0.2, 0.25) is 0 Å². The molecule has 1 aromatic heterocycles. The maximum absolute atomic E-state index is 12.7. The molecule has 0 aliphatic heterocycles. The van der Waals surface area contributed by atoms with Gasteiger partial charge in [-0.15, -0.1) is 11.3 Å². The zero-order valence-corrected chi connectivity index (χ0v) is 12.6. The lowest BCUT2D eigenvalue weighted by atomic mass is 10.1. The van der Waals surface area contributed by atoms with Gasteiger partial charge < -0.3 is 0 Å². The van der Waals surface area contributed by atoms with Crippen LogP contribution in [0, 0.1) is 6.92 Å². The zero-order chi connectivity index (χ0) is 15.0. The number of thioether (sulfide) groups is 1. The first-order chi connectivity index (χ1) is 9.92. The molecule has 0 unspecified atom stereocenters. The summed E-state index contributed by atoms with van der Waals surface area (Å²) >= 11 is 1.31. The molecular formula is C15H10F3NS2. The van der Waals surface area contributed by atoms with E-state index in [9.17, 15) is 13.2 Å². The largest absolute Gasteiger partial charge is 0.446 e. The highest BCUT2D eigenvalue weighted by molar-refractivity contribution is 8.00. The molecule has 1 nitrogen and oxygen atoms in total. The van der Waals surface area contributed by atoms with Crippen molar-refractivity contribution in [1.82, 2.24) is 4.98 Å². The number of aromatic nitrogens is 1. The Labute approximate surface area is 127 Å². The van der Waals surface area contributed by atoms with Crippen LogP contribution in [0.3, 0.4) is 0 Å². The van der Waals surface area contributed by atoms with Gasteiger partial charge in [0.1, 0.15) is 5.01 Å². The lowest BCUT2D eigenvalue weighted by Gasteiger charge is -2.10. The molecule has 1 heterocycles. The molecule has 0 saturated heterocycles. The van der Waals surface area contributed by atoms with E-state index in [1.807, 2.05) is 31.2 Å². The Balaban J connectivity index is 2.13. The standard InChI is InChI=1S/C15H10F3NS2/c1-9-6-7-12(21-15(16,17)18)10(8-9)14-19-11-4-2-3-5-13(11)20-14/h2-8H,1H3. The Morgan fingerprint density at radius 2 is 1.86 bits per heavy atom. The van der Waals surface area contributed by atoms with Crippen LogP contribution >= 0.6 is 23.1 Å². The summed E-state index contributed by atoms with van der Waals surface area (Å²) in [6, 6.07) is 12.5. The Morgan fingerprint density at radius 3 is 2.57 bits per heavy atom. The number of para-hydroxylation sites is 1. The van der Waals surface area contributed by atoms with E-state index in [2.05, 4.69) is 4.98 Å². The molecule has 0 aliphatic rings. The molecule has 108 valence electrons. The fourth-order valence-corrected chi connectivity index (χ4v) is 3.72. The molecule has 2 aromatic carbocycles. The van der Waals surface area contributed by atoms with Gasteiger partial charge in [0.05, 0.1) is 10.2 Å². The summed E-state index contributed by atoms with van der Waals surface area (Å²) in [7, 11) is 0. The van der Waals surface area contributed by atoms with E-state index in [1.54, 1.807) is 12.1 Å². The number of halogens is 3. The number of hydrogen-bond acceptors (Lipinski definition) is 3. The third-order valence-corrected chi connectivity index (χ3v) is 4.76. The molecule has 0 bridgehead atoms. The molecule has 3 rings (SSSR count). The molecule has 0 amide bonds. The quantitative estimate of drug-likeness (QED) is 0.545. The lowest BCUT2D eigenvalue weighted by molar-refractivity contribution is -0.0327. The maximum atomic E-state index is 12.7. The average Bonchev–Trinajstić information content (AvgIpc) is 2.83. The number of rotatable bonds is 2. The van der Waals surface area contributed by atoms with Crippen molar-refractivity contribution < 1.29 is 13.2 Å². The summed E-state index contributed by atoms with van der Waals surface area (Å²) in [5, 5.41) is 0.617. The third-order valence-electron chi connectivity index (χ3n) is 2.89. The number of hydrogen-bond donors (Lipinski definition) is 0. The van der Waals surface area contributed by atoms with Crippen LogP contribution in [0.25, 0.3) is 20.8 Å². The van der Waals surface area contributed by atoms with Crippen molar-refractivity contribution in [2.75, 3.05) is 0 Å². The Morgan fingerprint density at radius 1 is 1.10 bits per heavy atom. The van der Waals surface area contributed by atoms with Crippen molar-refractivity contribution in [2.45, 2.75) is 17.3 Å². The minimum absolute atomic E-state index is 0.0925. The molecule has 0 aliphatic carbocycles. The van der Waals surface area contributed by atoms with Crippen molar-refractivity contribution in [1.29, 1.82) is 0 Å². The molecule has 0 radical (unpaired) electrons.